The second-order valence-corrected chi connectivity index (χ2v) is 7.97. The van der Waals surface area contributed by atoms with E-state index in [1.807, 2.05) is 24.3 Å². The van der Waals surface area contributed by atoms with Gasteiger partial charge in [0.25, 0.3) is 0 Å². The lowest BCUT2D eigenvalue weighted by Gasteiger charge is -2.26. The third-order valence-corrected chi connectivity index (χ3v) is 5.36. The largest absolute Gasteiger partial charge is 0.494 e. The number of ether oxygens (including phenoxy) is 3. The number of unbranched alkanes of at least 4 members (excludes halogenated alkanes) is 4. The lowest BCUT2D eigenvalue weighted by molar-refractivity contribution is -0.111. The van der Waals surface area contributed by atoms with Crippen molar-refractivity contribution in [2.75, 3.05) is 18.5 Å². The van der Waals surface area contributed by atoms with Gasteiger partial charge in [0.2, 0.25) is 11.7 Å². The van der Waals surface area contributed by atoms with E-state index in [0.717, 1.165) is 24.3 Å². The number of para-hydroxylation sites is 1. The number of aromatic nitrogens is 4. The predicted octanol–water partition coefficient (Wildman–Crippen LogP) is 4.71. The maximum absolute atomic E-state index is 12.5. The number of benzene rings is 2. The molecule has 0 aliphatic carbocycles. The number of aromatic amines is 1. The molecule has 34 heavy (non-hydrogen) atoms. The van der Waals surface area contributed by atoms with Crippen molar-refractivity contribution < 1.29 is 19.0 Å². The molecular formula is C25H29N5O4. The first kappa shape index (κ1) is 23.3. The molecule has 0 saturated carbocycles. The van der Waals surface area contributed by atoms with E-state index in [9.17, 15) is 4.79 Å². The Hall–Kier alpha value is -3.88. The molecule has 1 aliphatic rings. The Morgan fingerprint density at radius 2 is 2.03 bits per heavy atom. The Kier molecular flexibility index (Phi) is 8.10. The van der Waals surface area contributed by atoms with Crippen LogP contribution >= 0.6 is 0 Å². The summed E-state index contributed by atoms with van der Waals surface area (Å²) < 4.78 is 17.5. The van der Waals surface area contributed by atoms with Crippen molar-refractivity contribution in [1.82, 2.24) is 20.6 Å². The van der Waals surface area contributed by atoms with Gasteiger partial charge >= 0.3 is 0 Å². The average molecular weight is 464 g/mol. The summed E-state index contributed by atoms with van der Waals surface area (Å²) in [5.41, 5.74) is 1.40. The molecule has 178 valence electrons. The highest BCUT2D eigenvalue weighted by Crippen LogP contribution is 2.41. The number of carbonyl (C=O) groups excluding carboxylic acids is 1. The number of rotatable bonds is 11. The van der Waals surface area contributed by atoms with Crippen molar-refractivity contribution in [3.8, 4) is 17.2 Å². The van der Waals surface area contributed by atoms with E-state index in [1.54, 1.807) is 24.3 Å². The number of nitrogens with zero attached hydrogens (tertiary/aromatic N) is 3. The summed E-state index contributed by atoms with van der Waals surface area (Å²) >= 11 is 0. The van der Waals surface area contributed by atoms with Crippen molar-refractivity contribution in [3.05, 3.63) is 59.9 Å². The van der Waals surface area contributed by atoms with Crippen LogP contribution in [0.25, 0.3) is 6.08 Å². The number of carbonyl (C=O) groups is 1. The smallest absolute Gasteiger partial charge is 0.248 e. The summed E-state index contributed by atoms with van der Waals surface area (Å²) in [6, 6.07) is 13.0. The highest BCUT2D eigenvalue weighted by atomic mass is 16.6. The molecule has 2 aromatic carbocycles. The number of anilines is 1. The molecule has 3 aromatic rings. The minimum atomic E-state index is -0.517. The van der Waals surface area contributed by atoms with Crippen LogP contribution in [0.15, 0.2) is 48.5 Å². The average Bonchev–Trinajstić information content (AvgIpc) is 3.41. The molecule has 1 atom stereocenters. The van der Waals surface area contributed by atoms with Crippen LogP contribution in [0.4, 0.5) is 5.69 Å². The van der Waals surface area contributed by atoms with Gasteiger partial charge in [0.1, 0.15) is 12.4 Å². The van der Waals surface area contributed by atoms with E-state index in [-0.39, 0.29) is 12.5 Å². The van der Waals surface area contributed by atoms with Crippen molar-refractivity contribution in [2.45, 2.75) is 45.1 Å². The van der Waals surface area contributed by atoms with Crippen LogP contribution in [0.2, 0.25) is 0 Å². The molecule has 1 amide bonds. The van der Waals surface area contributed by atoms with Gasteiger partial charge < -0.3 is 19.5 Å². The number of fused-ring (bicyclic) bond motifs is 1. The van der Waals surface area contributed by atoms with Crippen molar-refractivity contribution in [2.24, 2.45) is 0 Å². The number of hydrogen-bond acceptors (Lipinski definition) is 7. The van der Waals surface area contributed by atoms with Crippen LogP contribution < -0.4 is 19.5 Å². The second kappa shape index (κ2) is 11.8. The van der Waals surface area contributed by atoms with Gasteiger partial charge in [-0.25, -0.2) is 0 Å². The number of H-pyrrole nitrogens is 1. The number of amides is 1. The molecule has 4 rings (SSSR count). The summed E-state index contributed by atoms with van der Waals surface area (Å²) in [5.74, 6) is 1.91. The fraction of sp³-hybridized carbons (Fsp3) is 0.360. The monoisotopic (exact) mass is 463 g/mol. The summed E-state index contributed by atoms with van der Waals surface area (Å²) in [6.45, 7) is 3.19. The molecule has 0 fully saturated rings. The zero-order valence-corrected chi connectivity index (χ0v) is 19.2. The minimum absolute atomic E-state index is 0.252. The molecule has 2 heterocycles. The standard InChI is InChI=1S/C25H29N5O4/c1-2-3-4-5-6-16-32-19-13-10-18(11-14-19)12-15-23(31)26-20-8-7-9-21-24(20)34-22(17-33-21)25-27-29-30-28-25/h7-15,22H,2-6,16-17H2,1H3,(H,26,31)(H,27,28,29,30)/b15-12+. The van der Waals surface area contributed by atoms with E-state index < -0.39 is 6.10 Å². The first-order valence-corrected chi connectivity index (χ1v) is 11.6. The van der Waals surface area contributed by atoms with E-state index >= 15 is 0 Å². The third-order valence-electron chi connectivity index (χ3n) is 5.36. The van der Waals surface area contributed by atoms with Crippen LogP contribution in [0.3, 0.4) is 0 Å². The number of hydrogen-bond donors (Lipinski definition) is 2. The van der Waals surface area contributed by atoms with E-state index in [1.165, 1.54) is 31.8 Å². The molecule has 0 bridgehead atoms. The lowest BCUT2D eigenvalue weighted by Crippen LogP contribution is -2.24. The molecule has 1 unspecified atom stereocenters. The Morgan fingerprint density at radius 3 is 2.82 bits per heavy atom. The maximum Gasteiger partial charge on any atom is 0.248 e. The SMILES string of the molecule is CCCCCCCOc1ccc(/C=C/C(=O)Nc2cccc3c2OC(c2nn[nH]n2)CO3)cc1. The Morgan fingerprint density at radius 1 is 1.18 bits per heavy atom. The number of nitrogens with one attached hydrogen (secondary N) is 2. The molecule has 1 aromatic heterocycles. The van der Waals surface area contributed by atoms with Gasteiger partial charge in [0.05, 0.1) is 12.3 Å². The van der Waals surface area contributed by atoms with Crippen molar-refractivity contribution >= 4 is 17.7 Å². The number of tetrazole rings is 1. The fourth-order valence-electron chi connectivity index (χ4n) is 3.54. The van der Waals surface area contributed by atoms with Crippen molar-refractivity contribution in [1.29, 1.82) is 0 Å². The van der Waals surface area contributed by atoms with E-state index in [2.05, 4.69) is 32.9 Å². The fourth-order valence-corrected chi connectivity index (χ4v) is 3.54. The Labute approximate surface area is 198 Å². The first-order chi connectivity index (χ1) is 16.7. The molecule has 1 aliphatic heterocycles. The molecular weight excluding hydrogens is 434 g/mol. The van der Waals surface area contributed by atoms with Crippen LogP contribution in [0, 0.1) is 0 Å². The van der Waals surface area contributed by atoms with Gasteiger partial charge in [0.15, 0.2) is 17.6 Å². The highest BCUT2D eigenvalue weighted by Gasteiger charge is 2.28. The van der Waals surface area contributed by atoms with Crippen molar-refractivity contribution in [3.63, 3.8) is 0 Å². The summed E-state index contributed by atoms with van der Waals surface area (Å²) in [5, 5.41) is 16.7. The van der Waals surface area contributed by atoms with Gasteiger partial charge in [-0.15, -0.1) is 10.2 Å². The zero-order chi connectivity index (χ0) is 23.6. The third kappa shape index (κ3) is 6.34. The van der Waals surface area contributed by atoms with Gasteiger partial charge in [-0.1, -0.05) is 56.0 Å². The molecule has 0 radical (unpaired) electrons. The lowest BCUT2D eigenvalue weighted by atomic mass is 10.2. The maximum atomic E-state index is 12.5. The van der Waals surface area contributed by atoms with E-state index in [4.69, 9.17) is 14.2 Å². The second-order valence-electron chi connectivity index (χ2n) is 7.97. The summed E-state index contributed by atoms with van der Waals surface area (Å²) in [6.07, 6.45) is 8.75. The topological polar surface area (TPSA) is 111 Å². The zero-order valence-electron chi connectivity index (χ0n) is 19.2. The minimum Gasteiger partial charge on any atom is -0.494 e. The molecule has 0 saturated heterocycles. The quantitative estimate of drug-likeness (QED) is 0.313. The van der Waals surface area contributed by atoms with Crippen LogP contribution in [-0.4, -0.2) is 39.7 Å². The summed E-state index contributed by atoms with van der Waals surface area (Å²) in [7, 11) is 0. The normalized spacial score (nSPS) is 14.8. The van der Waals surface area contributed by atoms with Crippen LogP contribution in [-0.2, 0) is 4.79 Å². The van der Waals surface area contributed by atoms with Gasteiger partial charge in [-0.05, 0) is 42.3 Å². The highest BCUT2D eigenvalue weighted by molar-refractivity contribution is 6.03. The predicted molar refractivity (Wildman–Crippen MR) is 128 cm³/mol. The van der Waals surface area contributed by atoms with Crippen LogP contribution in [0.5, 0.6) is 17.2 Å². The molecule has 2 N–H and O–H groups in total. The Balaban J connectivity index is 1.30. The Bertz CT molecular complexity index is 1080. The molecule has 0 spiro atoms. The van der Waals surface area contributed by atoms with E-state index in [0.29, 0.717) is 23.0 Å². The first-order valence-electron chi connectivity index (χ1n) is 11.6. The van der Waals surface area contributed by atoms with Gasteiger partial charge in [0, 0.05) is 6.08 Å². The van der Waals surface area contributed by atoms with Gasteiger partial charge in [-0.3, -0.25) is 4.79 Å². The molecule has 9 nitrogen and oxygen atoms in total. The summed E-state index contributed by atoms with van der Waals surface area (Å²) in [4.78, 5) is 12.5. The van der Waals surface area contributed by atoms with Crippen LogP contribution in [0.1, 0.15) is 56.5 Å². The van der Waals surface area contributed by atoms with Gasteiger partial charge in [-0.2, -0.15) is 5.21 Å². The molecule has 9 heteroatoms.